The van der Waals surface area contributed by atoms with Crippen LogP contribution in [0.25, 0.3) is 0 Å². The van der Waals surface area contributed by atoms with Gasteiger partial charge in [0.1, 0.15) is 34.0 Å². The first-order valence-corrected chi connectivity index (χ1v) is 24.6. The molecule has 0 aromatic carbocycles. The maximum absolute atomic E-state index is 11.9. The molecule has 0 aromatic rings. The van der Waals surface area contributed by atoms with Gasteiger partial charge in [0.25, 0.3) is 0 Å². The van der Waals surface area contributed by atoms with Gasteiger partial charge < -0.3 is 50.0 Å². The Labute approximate surface area is 491 Å². The van der Waals surface area contributed by atoms with Gasteiger partial charge in [-0.05, 0) is 134 Å². The zero-order chi connectivity index (χ0) is 65.1. The molecule has 1 N–H and O–H groups in total. The van der Waals surface area contributed by atoms with Crippen molar-refractivity contribution in [3.8, 4) is 0 Å². The van der Waals surface area contributed by atoms with Gasteiger partial charge in [0.05, 0.1) is 13.3 Å². The second-order valence-corrected chi connectivity index (χ2v) is 22.2. The van der Waals surface area contributed by atoms with Gasteiger partial charge in [0.15, 0.2) is 4.27 Å². The fraction of sp³-hybridized carbons (Fsp3) is 0.860. The summed E-state index contributed by atoms with van der Waals surface area (Å²) in [7, 11) is 0. The summed E-state index contributed by atoms with van der Waals surface area (Å²) in [6.45, 7) is 24.8. The van der Waals surface area contributed by atoms with Crippen molar-refractivity contribution in [1.29, 1.82) is 0 Å². The van der Waals surface area contributed by atoms with E-state index in [0.29, 0.717) is 25.9 Å². The van der Waals surface area contributed by atoms with Gasteiger partial charge in [0, 0.05) is 129 Å². The van der Waals surface area contributed by atoms with Crippen molar-refractivity contribution in [3.63, 3.8) is 0 Å². The first-order valence-electron chi connectivity index (χ1n) is 29.9. The second-order valence-electron chi connectivity index (χ2n) is 20.4. The number of piperidine rings is 5. The molecule has 0 aliphatic carbocycles. The van der Waals surface area contributed by atoms with Crippen LogP contribution in [0.2, 0.25) is 0 Å². The molecular formula is C50H90BCl3N6NaO11. The molecule has 22 heteroatoms. The van der Waals surface area contributed by atoms with Crippen molar-refractivity contribution in [2.24, 2.45) is 10.9 Å². The monoisotopic (exact) mass is 1100 g/mol. The molecule has 5 saturated heterocycles. The van der Waals surface area contributed by atoms with Crippen LogP contribution in [0, 0.1) is 5.92 Å². The Morgan fingerprint density at radius 3 is 1.28 bits per heavy atom. The van der Waals surface area contributed by atoms with E-state index in [1.807, 2.05) is 20.8 Å². The summed E-state index contributed by atoms with van der Waals surface area (Å²) in [6.07, 6.45) is -10.9. The third kappa shape index (κ3) is 35.9. The zero-order valence-corrected chi connectivity index (χ0v) is 49.4. The third-order valence-corrected chi connectivity index (χ3v) is 9.24. The molecule has 6 heterocycles. The first kappa shape index (κ1) is 50.6. The van der Waals surface area contributed by atoms with E-state index in [2.05, 4.69) is 9.89 Å². The quantitative estimate of drug-likeness (QED) is 0.146. The molecule has 17 nitrogen and oxygen atoms in total. The third-order valence-electron chi connectivity index (χ3n) is 9.24. The smallest absolute Gasteiger partial charge is 1.00 e. The van der Waals surface area contributed by atoms with Crippen LogP contribution in [0.3, 0.4) is 0 Å². The van der Waals surface area contributed by atoms with Crippen molar-refractivity contribution in [2.45, 2.75) is 200 Å². The molecule has 72 heavy (non-hydrogen) atoms. The summed E-state index contributed by atoms with van der Waals surface area (Å²) in [5.41, 5.74) is -2.61. The summed E-state index contributed by atoms with van der Waals surface area (Å²) < 4.78 is 116. The van der Waals surface area contributed by atoms with Gasteiger partial charge in [0.2, 0.25) is 0 Å². The number of likely N-dealkylation sites (tertiary alicyclic amines) is 4. The van der Waals surface area contributed by atoms with E-state index in [0.717, 1.165) is 21.2 Å². The van der Waals surface area contributed by atoms with Crippen LogP contribution in [0.15, 0.2) is 4.99 Å². The van der Waals surface area contributed by atoms with E-state index >= 15 is 0 Å². The van der Waals surface area contributed by atoms with Crippen LogP contribution in [-0.4, -0.2) is 185 Å². The van der Waals surface area contributed by atoms with E-state index in [4.69, 9.17) is 71.6 Å². The second kappa shape index (κ2) is 35.2. The Hall–Kier alpha value is -2.22. The normalized spacial score (nSPS) is 25.8. The molecule has 0 unspecified atom stereocenters. The summed E-state index contributed by atoms with van der Waals surface area (Å²) in [4.78, 5) is 80.9. The molecule has 5 fully saturated rings. The number of ether oxygens (including phenoxy) is 4. The van der Waals surface area contributed by atoms with Gasteiger partial charge in [-0.1, -0.05) is 41.7 Å². The number of Topliss-reactive ketones (excluding diaryl/α,β-unsaturated/α-hetero) is 2. The van der Waals surface area contributed by atoms with Crippen molar-refractivity contribution in [1.82, 2.24) is 24.5 Å². The van der Waals surface area contributed by atoms with Gasteiger partial charge in [-0.3, -0.25) is 14.6 Å². The Morgan fingerprint density at radius 1 is 0.583 bits per heavy atom. The summed E-state index contributed by atoms with van der Waals surface area (Å²) in [5, 5.41) is 9.57. The van der Waals surface area contributed by atoms with E-state index in [9.17, 15) is 33.9 Å². The Bertz CT molecular complexity index is 2120. The zero-order valence-electron chi connectivity index (χ0n) is 59.1. The number of aliphatic hydroxyl groups is 1. The SMILES string of the molecule is C1CCN2CCCN=C2C1.CC(C)(C)OC(=O)N1CCC(=O)CC1.[2H]C(Cl)(Cl)Cl.[2H]C1([2H])CN(C(=O)OC(C)(C)C)CC([2H])([2H])C1=O.[2H]C1([2H])CN(C(=O)OC(C)(C)C)CC([2H])([2H])C1C.[2H]C1([2H])CN(C(=O)OC(C)(C)C)CC([2H])([2H])C1O.[B].[H-].[Na+]. The maximum Gasteiger partial charge on any atom is 1.00 e. The number of fused-ring (bicyclic) bond motifs is 1. The number of nitrogens with zero attached hydrogens (tertiary/aromatic N) is 6. The number of hydrogen-bond donors (Lipinski definition) is 1. The number of rotatable bonds is 0. The number of aliphatic imine (C=N–C) groups is 1. The van der Waals surface area contributed by atoms with Gasteiger partial charge in [-0.2, -0.15) is 0 Å². The molecule has 0 atom stereocenters. The molecule has 0 spiro atoms. The van der Waals surface area contributed by atoms with E-state index in [-0.39, 0.29) is 77.5 Å². The van der Waals surface area contributed by atoms with Gasteiger partial charge in [-0.25, -0.2) is 19.2 Å². The van der Waals surface area contributed by atoms with Crippen LogP contribution < -0.4 is 29.6 Å². The Morgan fingerprint density at radius 2 is 0.917 bits per heavy atom. The fourth-order valence-corrected chi connectivity index (χ4v) is 5.99. The molecule has 0 bridgehead atoms. The number of alkyl halides is 3. The number of ketones is 2. The standard InChI is InChI=1S/C11H21NO2.C10H19NO3.2C10H17NO3.C8H14N2.CHCl3.B.Na.H/c1-9-5-7-12(8-6-9)10(13)14-11(2,3)4;3*1-10(2,3)14-9(13)11-6-4-8(12)5-7-11;1-2-6-10-7-3-5-9-8(10)4-1;2-1(3)4;;;/h9H,5-8H2,1-4H3;8,12H,4-7H2,1-3H3;2*4-7H2,1-3H3;1-7H2;1H;;;/q;;;;;;;+1;-1/i5D2,6D2;2*4D2,5D2;;;1D;;;. The van der Waals surface area contributed by atoms with Crippen LogP contribution in [0.4, 0.5) is 19.2 Å². The minimum absolute atomic E-state index is 0. The predicted molar refractivity (Wildman–Crippen MR) is 284 cm³/mol. The van der Waals surface area contributed by atoms with Gasteiger partial charge in [-0.15, -0.1) is 0 Å². The number of aliphatic hydroxyl groups excluding tert-OH is 1. The van der Waals surface area contributed by atoms with Gasteiger partial charge >= 0.3 is 53.9 Å². The van der Waals surface area contributed by atoms with Crippen molar-refractivity contribution < 1.29 is 102 Å². The first-order chi connectivity index (χ1) is 36.9. The average molecular weight is 1100 g/mol. The molecule has 411 valence electrons. The number of hydrogen-bond acceptors (Lipinski definition) is 13. The molecule has 3 radical (unpaired) electrons. The van der Waals surface area contributed by atoms with Crippen LogP contribution >= 0.6 is 34.8 Å². The number of amides is 4. The average Bonchev–Trinajstić information content (AvgIpc) is 3.50. The van der Waals surface area contributed by atoms with Crippen molar-refractivity contribution >= 4 is 85.0 Å². The number of carbonyl (C=O) groups excluding carboxylic acids is 6. The van der Waals surface area contributed by atoms with E-state index in [1.54, 1.807) is 67.2 Å². The molecule has 6 aliphatic heterocycles. The number of halogens is 3. The minimum Gasteiger partial charge on any atom is -1.00 e. The topological polar surface area (TPSA) is 188 Å². The van der Waals surface area contributed by atoms with Crippen molar-refractivity contribution in [2.75, 3.05) is 72.0 Å². The van der Waals surface area contributed by atoms with Crippen LogP contribution in [0.5, 0.6) is 0 Å². The summed E-state index contributed by atoms with van der Waals surface area (Å²) in [6, 6.07) is 0. The molecule has 6 aliphatic rings. The molecule has 0 aromatic heterocycles. The van der Waals surface area contributed by atoms with E-state index in [1.165, 1.54) is 51.5 Å². The number of amidine groups is 1. The largest absolute Gasteiger partial charge is 1.00 e. The Kier molecular flexibility index (Phi) is 24.7. The molecular weight excluding hydrogens is 1000 g/mol. The van der Waals surface area contributed by atoms with E-state index < -0.39 is 114 Å². The van der Waals surface area contributed by atoms with Crippen molar-refractivity contribution in [3.05, 3.63) is 0 Å². The predicted octanol–water partition coefficient (Wildman–Crippen LogP) is 7.20. The maximum atomic E-state index is 11.9. The summed E-state index contributed by atoms with van der Waals surface area (Å²) >= 11 is 14.2. The minimum atomic E-state index is -2.39. The molecule has 4 amide bonds. The molecule has 6 rings (SSSR count). The number of carbonyl (C=O) groups is 6. The van der Waals surface area contributed by atoms with Crippen LogP contribution in [0.1, 0.15) is 186 Å². The van der Waals surface area contributed by atoms with Crippen LogP contribution in [-0.2, 0) is 28.5 Å². The Balaban J connectivity index is -0.000000982. The molecule has 0 saturated carbocycles. The fourth-order valence-electron chi connectivity index (χ4n) is 5.99. The summed E-state index contributed by atoms with van der Waals surface area (Å²) in [5.74, 6) is -0.277.